The molecule has 15 heavy (non-hydrogen) atoms. The summed E-state index contributed by atoms with van der Waals surface area (Å²) in [6.45, 7) is 9.14. The maximum atomic E-state index is 3.48. The summed E-state index contributed by atoms with van der Waals surface area (Å²) in [6, 6.07) is 6.81. The Morgan fingerprint density at radius 3 is 2.73 bits per heavy atom. The van der Waals surface area contributed by atoms with Crippen LogP contribution in [-0.4, -0.2) is 6.54 Å². The molecule has 1 aliphatic rings. The van der Waals surface area contributed by atoms with Gasteiger partial charge in [-0.05, 0) is 41.5 Å². The largest absolute Gasteiger partial charge is 0.312 e. The third-order valence-electron chi connectivity index (χ3n) is 3.67. The van der Waals surface area contributed by atoms with Crippen LogP contribution in [0.3, 0.4) is 0 Å². The first-order valence-corrected chi connectivity index (χ1v) is 6.01. The van der Waals surface area contributed by atoms with Crippen molar-refractivity contribution >= 4 is 0 Å². The molecule has 2 rings (SSSR count). The summed E-state index contributed by atoms with van der Waals surface area (Å²) >= 11 is 0. The van der Waals surface area contributed by atoms with E-state index in [9.17, 15) is 0 Å². The molecule has 0 aromatic heterocycles. The van der Waals surface area contributed by atoms with Crippen LogP contribution in [0.4, 0.5) is 0 Å². The number of hydrogen-bond acceptors (Lipinski definition) is 1. The van der Waals surface area contributed by atoms with E-state index in [4.69, 9.17) is 0 Å². The molecule has 1 heterocycles. The summed E-state index contributed by atoms with van der Waals surface area (Å²) in [4.78, 5) is 0. The van der Waals surface area contributed by atoms with Crippen molar-refractivity contribution in [1.29, 1.82) is 0 Å². The van der Waals surface area contributed by atoms with Crippen molar-refractivity contribution in [1.82, 2.24) is 5.32 Å². The van der Waals surface area contributed by atoms with Crippen molar-refractivity contribution in [3.05, 3.63) is 34.9 Å². The molecule has 1 N–H and O–H groups in total. The molecule has 1 unspecified atom stereocenters. The predicted molar refractivity (Wildman–Crippen MR) is 65.1 cm³/mol. The van der Waals surface area contributed by atoms with Crippen molar-refractivity contribution in [2.45, 2.75) is 39.7 Å². The van der Waals surface area contributed by atoms with Crippen LogP contribution in [-0.2, 0) is 13.0 Å². The Bertz CT molecular complexity index is 341. The van der Waals surface area contributed by atoms with Crippen LogP contribution < -0.4 is 5.32 Å². The first-order valence-electron chi connectivity index (χ1n) is 6.01. The third kappa shape index (κ3) is 2.07. The van der Waals surface area contributed by atoms with E-state index in [2.05, 4.69) is 44.3 Å². The van der Waals surface area contributed by atoms with Crippen molar-refractivity contribution < 1.29 is 0 Å². The van der Waals surface area contributed by atoms with Crippen molar-refractivity contribution in [2.75, 3.05) is 6.54 Å². The SMILES string of the molecule is CC(C)C(C)c1cccc2c1CNCC2. The number of hydrogen-bond donors (Lipinski definition) is 1. The average Bonchev–Trinajstić information content (AvgIpc) is 2.27. The van der Waals surface area contributed by atoms with Crippen LogP contribution in [0.5, 0.6) is 0 Å². The summed E-state index contributed by atoms with van der Waals surface area (Å²) < 4.78 is 0. The number of benzene rings is 1. The highest BCUT2D eigenvalue weighted by Crippen LogP contribution is 2.29. The Morgan fingerprint density at radius 1 is 1.20 bits per heavy atom. The van der Waals surface area contributed by atoms with E-state index in [1.54, 1.807) is 16.7 Å². The fraction of sp³-hybridized carbons (Fsp3) is 0.571. The van der Waals surface area contributed by atoms with Crippen LogP contribution in [0.15, 0.2) is 18.2 Å². The standard InChI is InChI=1S/C14H21N/c1-10(2)11(3)13-6-4-5-12-7-8-15-9-14(12)13/h4-6,10-11,15H,7-9H2,1-3H3. The lowest BCUT2D eigenvalue weighted by atomic mass is 9.84. The van der Waals surface area contributed by atoms with E-state index in [1.807, 2.05) is 0 Å². The average molecular weight is 203 g/mol. The van der Waals surface area contributed by atoms with Gasteiger partial charge in [-0.1, -0.05) is 39.0 Å². The molecule has 1 nitrogen and oxygen atoms in total. The van der Waals surface area contributed by atoms with Gasteiger partial charge in [0, 0.05) is 6.54 Å². The Morgan fingerprint density at radius 2 is 2.00 bits per heavy atom. The molecule has 0 spiro atoms. The number of nitrogens with one attached hydrogen (secondary N) is 1. The van der Waals surface area contributed by atoms with Crippen molar-refractivity contribution in [2.24, 2.45) is 5.92 Å². The normalized spacial score (nSPS) is 17.6. The van der Waals surface area contributed by atoms with Gasteiger partial charge in [0.05, 0.1) is 0 Å². The van der Waals surface area contributed by atoms with Gasteiger partial charge in [0.15, 0.2) is 0 Å². The van der Waals surface area contributed by atoms with Gasteiger partial charge in [-0.15, -0.1) is 0 Å². The highest BCUT2D eigenvalue weighted by atomic mass is 14.9. The fourth-order valence-corrected chi connectivity index (χ4v) is 2.33. The van der Waals surface area contributed by atoms with E-state index in [0.29, 0.717) is 5.92 Å². The highest BCUT2D eigenvalue weighted by Gasteiger charge is 2.17. The molecular weight excluding hydrogens is 182 g/mol. The van der Waals surface area contributed by atoms with E-state index in [0.717, 1.165) is 19.0 Å². The Balaban J connectivity index is 2.39. The first kappa shape index (κ1) is 10.7. The van der Waals surface area contributed by atoms with Crippen molar-refractivity contribution in [3.63, 3.8) is 0 Å². The molecule has 1 aromatic rings. The predicted octanol–water partition coefficient (Wildman–Crippen LogP) is 3.09. The topological polar surface area (TPSA) is 12.0 Å². The van der Waals surface area contributed by atoms with Crippen LogP contribution in [0.2, 0.25) is 0 Å². The highest BCUT2D eigenvalue weighted by molar-refractivity contribution is 5.39. The van der Waals surface area contributed by atoms with Crippen LogP contribution >= 0.6 is 0 Å². The Labute approximate surface area is 92.9 Å². The quantitative estimate of drug-likeness (QED) is 0.779. The van der Waals surface area contributed by atoms with E-state index in [-0.39, 0.29) is 0 Å². The monoisotopic (exact) mass is 203 g/mol. The van der Waals surface area contributed by atoms with Gasteiger partial charge in [0.1, 0.15) is 0 Å². The fourth-order valence-electron chi connectivity index (χ4n) is 2.33. The molecule has 0 bridgehead atoms. The summed E-state index contributed by atoms with van der Waals surface area (Å²) in [7, 11) is 0. The smallest absolute Gasteiger partial charge is 0.0211 e. The lowest BCUT2D eigenvalue weighted by Crippen LogP contribution is -2.25. The Kier molecular flexibility index (Phi) is 3.11. The minimum Gasteiger partial charge on any atom is -0.312 e. The van der Waals surface area contributed by atoms with Gasteiger partial charge in [-0.2, -0.15) is 0 Å². The van der Waals surface area contributed by atoms with Gasteiger partial charge in [-0.25, -0.2) is 0 Å². The minimum atomic E-state index is 0.667. The third-order valence-corrected chi connectivity index (χ3v) is 3.67. The summed E-state index contributed by atoms with van der Waals surface area (Å²) in [6.07, 6.45) is 1.19. The molecule has 1 atom stereocenters. The van der Waals surface area contributed by atoms with Crippen LogP contribution in [0.25, 0.3) is 0 Å². The van der Waals surface area contributed by atoms with Gasteiger partial charge >= 0.3 is 0 Å². The lowest BCUT2D eigenvalue weighted by molar-refractivity contribution is 0.523. The zero-order chi connectivity index (χ0) is 10.8. The zero-order valence-corrected chi connectivity index (χ0v) is 10.0. The van der Waals surface area contributed by atoms with E-state index < -0.39 is 0 Å². The van der Waals surface area contributed by atoms with Crippen molar-refractivity contribution in [3.8, 4) is 0 Å². The second kappa shape index (κ2) is 4.36. The molecular formula is C14H21N. The molecule has 0 fully saturated rings. The molecule has 1 heteroatoms. The Hall–Kier alpha value is -0.820. The summed E-state index contributed by atoms with van der Waals surface area (Å²) in [5.41, 5.74) is 4.67. The van der Waals surface area contributed by atoms with Gasteiger partial charge in [0.2, 0.25) is 0 Å². The summed E-state index contributed by atoms with van der Waals surface area (Å²) in [5, 5.41) is 3.48. The maximum Gasteiger partial charge on any atom is 0.0211 e. The molecule has 0 amide bonds. The van der Waals surface area contributed by atoms with Gasteiger partial charge in [-0.3, -0.25) is 0 Å². The summed E-state index contributed by atoms with van der Waals surface area (Å²) in [5.74, 6) is 1.39. The number of fused-ring (bicyclic) bond motifs is 1. The first-order chi connectivity index (χ1) is 7.20. The van der Waals surface area contributed by atoms with E-state index >= 15 is 0 Å². The second-order valence-electron chi connectivity index (χ2n) is 4.94. The maximum absolute atomic E-state index is 3.48. The molecule has 0 saturated carbocycles. The molecule has 0 aliphatic carbocycles. The second-order valence-corrected chi connectivity index (χ2v) is 4.94. The molecule has 82 valence electrons. The molecule has 1 aromatic carbocycles. The molecule has 1 aliphatic heterocycles. The van der Waals surface area contributed by atoms with E-state index in [1.165, 1.54) is 6.42 Å². The van der Waals surface area contributed by atoms with Crippen LogP contribution in [0, 0.1) is 5.92 Å². The van der Waals surface area contributed by atoms with Crippen LogP contribution in [0.1, 0.15) is 43.4 Å². The minimum absolute atomic E-state index is 0.667. The lowest BCUT2D eigenvalue weighted by Gasteiger charge is -2.25. The van der Waals surface area contributed by atoms with Gasteiger partial charge < -0.3 is 5.32 Å². The molecule has 0 saturated heterocycles. The van der Waals surface area contributed by atoms with Gasteiger partial charge in [0.25, 0.3) is 0 Å². The molecule has 0 radical (unpaired) electrons. The number of rotatable bonds is 2. The zero-order valence-electron chi connectivity index (χ0n) is 10.0.